The van der Waals surface area contributed by atoms with Crippen LogP contribution in [0.25, 0.3) is 43.4 Å². The van der Waals surface area contributed by atoms with Gasteiger partial charge in [0.1, 0.15) is 46.8 Å². The van der Waals surface area contributed by atoms with Crippen LogP contribution in [0.3, 0.4) is 0 Å². The van der Waals surface area contributed by atoms with Gasteiger partial charge in [-0.05, 0) is 72.7 Å². The number of rotatable bonds is 12. The van der Waals surface area contributed by atoms with Crippen LogP contribution in [0.4, 0.5) is 14.6 Å². The van der Waals surface area contributed by atoms with Crippen LogP contribution < -0.4 is 25.6 Å². The van der Waals surface area contributed by atoms with Crippen LogP contribution in [0, 0.1) is 36.3 Å². The lowest BCUT2D eigenvalue weighted by atomic mass is 9.85. The molecule has 2 bridgehead atoms. The molecule has 6 aromatic rings. The molecule has 4 aliphatic heterocycles. The van der Waals surface area contributed by atoms with Gasteiger partial charge in [0.15, 0.2) is 5.82 Å². The largest absolute Gasteiger partial charge is 0.508 e. The number of halogens is 2. The van der Waals surface area contributed by atoms with Crippen molar-refractivity contribution in [2.45, 2.75) is 103 Å². The number of phenolic OH excluding ortho intramolecular Hbond substituents is 1. The zero-order chi connectivity index (χ0) is 51.3. The Hall–Kier alpha value is -6.85. The number of hydrogen-bond acceptors (Lipinski definition) is 14. The fourth-order valence-corrected chi connectivity index (χ4v) is 11.6. The number of likely N-dealkylation sites (tertiary alicyclic amines) is 2. The maximum absolute atomic E-state index is 17.1. The van der Waals surface area contributed by atoms with E-state index in [0.29, 0.717) is 55.6 Å². The third-order valence-electron chi connectivity index (χ3n) is 14.5. The topological polar surface area (TPSA) is 198 Å². The van der Waals surface area contributed by atoms with E-state index in [-0.39, 0.29) is 95.5 Å². The molecule has 3 amide bonds. The Balaban J connectivity index is 0.809. The summed E-state index contributed by atoms with van der Waals surface area (Å²) in [5.41, 5.74) is 3.73. The van der Waals surface area contributed by atoms with Gasteiger partial charge >= 0.3 is 6.01 Å². The monoisotopic (exact) mass is 1010 g/mol. The fourth-order valence-electron chi connectivity index (χ4n) is 10.8. The number of nitrogens with one attached hydrogen (secondary N) is 3. The number of piperazine rings is 1. The van der Waals surface area contributed by atoms with E-state index in [1.807, 2.05) is 56.9 Å². The van der Waals surface area contributed by atoms with E-state index in [0.717, 1.165) is 34.5 Å². The number of carbonyl (C=O) groups excluding carboxylic acids is 3. The van der Waals surface area contributed by atoms with Crippen molar-refractivity contribution in [3.63, 3.8) is 0 Å². The van der Waals surface area contributed by atoms with Crippen molar-refractivity contribution in [2.24, 2.45) is 5.41 Å². The highest BCUT2D eigenvalue weighted by molar-refractivity contribution is 7.13. The van der Waals surface area contributed by atoms with Crippen molar-refractivity contribution in [3.8, 4) is 45.8 Å². The van der Waals surface area contributed by atoms with Gasteiger partial charge in [-0.1, -0.05) is 57.0 Å². The van der Waals surface area contributed by atoms with Crippen LogP contribution in [-0.4, -0.2) is 133 Å². The van der Waals surface area contributed by atoms with Crippen LogP contribution >= 0.6 is 11.3 Å². The zero-order valence-corrected chi connectivity index (χ0v) is 41.9. The second-order valence-corrected chi connectivity index (χ2v) is 21.6. The number of amides is 3. The first-order valence-corrected chi connectivity index (χ1v) is 25.6. The fraction of sp³-hybridized carbons (Fsp3) is 0.426. The number of β-amino-alcohol motifs (C(OH)–C–C–N with tert-alkyl or cyclic N) is 1. The number of aliphatic hydroxyl groups excluding tert-OH is 1. The second kappa shape index (κ2) is 20.2. The first kappa shape index (κ1) is 49.7. The van der Waals surface area contributed by atoms with E-state index in [4.69, 9.17) is 16.1 Å². The number of anilines is 1. The predicted molar refractivity (Wildman–Crippen MR) is 274 cm³/mol. The number of piperidine rings is 1. The first-order chi connectivity index (χ1) is 35.0. The van der Waals surface area contributed by atoms with Crippen LogP contribution in [-0.2, 0) is 20.9 Å². The lowest BCUT2D eigenvalue weighted by Gasteiger charge is -2.36. The van der Waals surface area contributed by atoms with Crippen LogP contribution in [0.1, 0.15) is 69.7 Å². The molecular formula is C54H58F2N10O6S. The Bertz CT molecular complexity index is 3140. The van der Waals surface area contributed by atoms with Crippen molar-refractivity contribution in [2.75, 3.05) is 44.2 Å². The van der Waals surface area contributed by atoms with Gasteiger partial charge in [0.05, 0.1) is 39.7 Å². The summed E-state index contributed by atoms with van der Waals surface area (Å²) in [5, 5.41) is 32.0. The average Bonchev–Trinajstić information content (AvgIpc) is 4.09. The van der Waals surface area contributed by atoms with Gasteiger partial charge in [0.25, 0.3) is 0 Å². The number of aromatic hydroxyl groups is 1. The summed E-state index contributed by atoms with van der Waals surface area (Å²) in [6.45, 7) is 9.89. The molecule has 3 unspecified atom stereocenters. The Morgan fingerprint density at radius 2 is 1.74 bits per heavy atom. The molecule has 3 aromatic heterocycles. The highest BCUT2D eigenvalue weighted by Crippen LogP contribution is 2.40. The molecule has 16 nitrogen and oxygen atoms in total. The van der Waals surface area contributed by atoms with Crippen LogP contribution in [0.5, 0.6) is 11.8 Å². The number of fused-ring (bicyclic) bond motifs is 4. The standard InChI is InChI=1S/C54H58F2N10O6S/c1-6-38-41(55)14-11-32-19-35(67)20-39(44(32)38)46-45(56)47-40(23-57-46)50(65-24-33-12-13-34(25-65)60-33)63-53(62-47)72-37-15-17-64(18-16-37)27-43(69)61-49(54(3,4)5)52(71)66-26-36(68)21-42(66)51(70)58-22-30-7-9-31(10-8-30)48-29(2)59-28-73-48/h1,7-11,14,19-20,23,28,33-34,36-37,42,49,60,67-68H,12-13,15-18,21-22,24-27H2,2-5H3,(H,58,70)(H,61,69)/t33?,34?,36-,42?,49-/m1/s1. The molecule has 5 N–H and O–H groups in total. The number of nitrogens with zero attached hydrogens (tertiary/aromatic N) is 7. The highest BCUT2D eigenvalue weighted by Gasteiger charge is 2.45. The van der Waals surface area contributed by atoms with Gasteiger partial charge in [0, 0.05) is 74.9 Å². The molecule has 10 rings (SSSR count). The molecular weight excluding hydrogens is 955 g/mol. The molecule has 0 radical (unpaired) electrons. The number of benzene rings is 3. The molecule has 0 spiro atoms. The molecule has 4 fully saturated rings. The normalized spacial score (nSPS) is 20.8. The van der Waals surface area contributed by atoms with E-state index in [9.17, 15) is 24.6 Å². The Morgan fingerprint density at radius 1 is 1.00 bits per heavy atom. The van der Waals surface area contributed by atoms with Gasteiger partial charge in [-0.25, -0.2) is 13.8 Å². The van der Waals surface area contributed by atoms with E-state index < -0.39 is 41.1 Å². The number of terminal acetylenes is 1. The average molecular weight is 1010 g/mol. The highest BCUT2D eigenvalue weighted by atomic mass is 32.1. The minimum atomic E-state index is -0.989. The summed E-state index contributed by atoms with van der Waals surface area (Å²) in [5.74, 6) is 0.00372. The molecule has 4 aliphatic rings. The quantitative estimate of drug-likeness (QED) is 0.0919. The molecule has 380 valence electrons. The Labute approximate surface area is 425 Å². The number of carbonyl (C=O) groups is 3. The minimum absolute atomic E-state index is 0.00156. The molecule has 0 aliphatic carbocycles. The summed E-state index contributed by atoms with van der Waals surface area (Å²) >= 11 is 1.56. The molecule has 4 saturated heterocycles. The summed E-state index contributed by atoms with van der Waals surface area (Å²) in [6.07, 6.45) is 9.01. The van der Waals surface area contributed by atoms with E-state index in [1.54, 1.807) is 16.8 Å². The lowest BCUT2D eigenvalue weighted by molar-refractivity contribution is -0.144. The molecule has 0 saturated carbocycles. The van der Waals surface area contributed by atoms with Gasteiger partial charge in [-0.2, -0.15) is 9.97 Å². The molecule has 73 heavy (non-hydrogen) atoms. The predicted octanol–water partition coefficient (Wildman–Crippen LogP) is 5.83. The maximum atomic E-state index is 17.1. The number of aryl methyl sites for hydroxylation is 1. The smallest absolute Gasteiger partial charge is 0.319 e. The number of thiazole rings is 1. The van der Waals surface area contributed by atoms with Crippen molar-refractivity contribution in [1.29, 1.82) is 0 Å². The molecule has 7 heterocycles. The van der Waals surface area contributed by atoms with Crippen molar-refractivity contribution in [3.05, 3.63) is 88.7 Å². The molecule has 5 atom stereocenters. The van der Waals surface area contributed by atoms with Gasteiger partial charge < -0.3 is 40.7 Å². The summed E-state index contributed by atoms with van der Waals surface area (Å²) in [7, 11) is 0. The van der Waals surface area contributed by atoms with Crippen LogP contribution in [0.15, 0.2) is 60.2 Å². The molecule has 19 heteroatoms. The summed E-state index contributed by atoms with van der Waals surface area (Å²) in [4.78, 5) is 66.6. The third-order valence-corrected chi connectivity index (χ3v) is 15.5. The third kappa shape index (κ3) is 10.3. The van der Waals surface area contributed by atoms with Gasteiger partial charge in [-0.3, -0.25) is 24.3 Å². The number of aliphatic hydroxyl groups is 1. The Kier molecular flexibility index (Phi) is 13.8. The number of aromatic nitrogens is 4. The number of pyridine rings is 1. The lowest BCUT2D eigenvalue weighted by Crippen LogP contribution is -2.59. The second-order valence-electron chi connectivity index (χ2n) is 20.8. The van der Waals surface area contributed by atoms with Crippen LogP contribution in [0.2, 0.25) is 0 Å². The Morgan fingerprint density at radius 3 is 2.42 bits per heavy atom. The zero-order valence-electron chi connectivity index (χ0n) is 41.1. The first-order valence-electron chi connectivity index (χ1n) is 24.7. The van der Waals surface area contributed by atoms with Crippen molar-refractivity contribution < 1.29 is 38.1 Å². The van der Waals surface area contributed by atoms with Gasteiger partial charge in [0.2, 0.25) is 17.7 Å². The molecule has 3 aromatic carbocycles. The SMILES string of the molecule is C#Cc1c(F)ccc2cc(O)cc(-c3ncc4c(N5CC6CCC(C5)N6)nc(OC5CCN(CC(=O)N[C@H](C(=O)N6C[C@H](O)CC6C(=O)NCc6ccc(-c7scnc7C)cc6)C(C)(C)C)CC5)nc4c3F)c12. The number of ether oxygens (including phenoxy) is 1. The van der Waals surface area contributed by atoms with Crippen molar-refractivity contribution >= 4 is 56.6 Å². The van der Waals surface area contributed by atoms with E-state index >= 15 is 8.78 Å². The minimum Gasteiger partial charge on any atom is -0.508 e. The summed E-state index contributed by atoms with van der Waals surface area (Å²) in [6, 6.07) is 11.8. The van der Waals surface area contributed by atoms with E-state index in [2.05, 4.69) is 41.7 Å². The van der Waals surface area contributed by atoms with E-state index in [1.165, 1.54) is 35.4 Å². The van der Waals surface area contributed by atoms with Gasteiger partial charge in [-0.15, -0.1) is 17.8 Å². The van der Waals surface area contributed by atoms with Crippen molar-refractivity contribution in [1.82, 2.24) is 45.7 Å². The summed E-state index contributed by atoms with van der Waals surface area (Å²) < 4.78 is 38.7. The number of phenols is 1. The number of hydrogen-bond donors (Lipinski definition) is 5. The maximum Gasteiger partial charge on any atom is 0.319 e.